The van der Waals surface area contributed by atoms with Gasteiger partial charge in [0.05, 0.1) is 22.7 Å². The Kier molecular flexibility index (Phi) is 3.57. The second kappa shape index (κ2) is 5.39. The Bertz CT molecular complexity index is 682. The fraction of sp³-hybridized carbons (Fsp3) is 0.188. The average molecular weight is 303 g/mol. The van der Waals surface area contributed by atoms with Crippen LogP contribution < -0.4 is 11.1 Å². The zero-order valence-corrected chi connectivity index (χ0v) is 12.0. The molecule has 0 radical (unpaired) electrons. The molecule has 2 aromatic carbocycles. The van der Waals surface area contributed by atoms with E-state index in [9.17, 15) is 9.90 Å². The summed E-state index contributed by atoms with van der Waals surface area (Å²) >= 11 is 6.04. The normalized spacial score (nSPS) is 20.1. The van der Waals surface area contributed by atoms with E-state index in [1.54, 1.807) is 18.2 Å². The molecule has 4 N–H and O–H groups in total. The van der Waals surface area contributed by atoms with E-state index < -0.39 is 12.1 Å². The van der Waals surface area contributed by atoms with Gasteiger partial charge in [-0.2, -0.15) is 0 Å². The number of nitrogen functional groups attached to an aromatic ring is 1. The fourth-order valence-electron chi connectivity index (χ4n) is 2.74. The van der Waals surface area contributed by atoms with Gasteiger partial charge in [-0.3, -0.25) is 4.79 Å². The molecule has 4 nitrogen and oxygen atoms in total. The van der Waals surface area contributed by atoms with Crippen molar-refractivity contribution in [3.8, 4) is 0 Å². The average Bonchev–Trinajstić information content (AvgIpc) is 2.75. The van der Waals surface area contributed by atoms with E-state index in [4.69, 9.17) is 17.3 Å². The Labute approximate surface area is 127 Å². The third kappa shape index (κ3) is 2.48. The number of hydrogen-bond donors (Lipinski definition) is 3. The quantitative estimate of drug-likeness (QED) is 0.745. The first-order chi connectivity index (χ1) is 10.1. The zero-order valence-electron chi connectivity index (χ0n) is 11.2. The molecule has 0 bridgehead atoms. The van der Waals surface area contributed by atoms with Crippen LogP contribution in [0.4, 0.5) is 5.69 Å². The summed E-state index contributed by atoms with van der Waals surface area (Å²) in [6.45, 7) is 0. The molecule has 0 unspecified atom stereocenters. The summed E-state index contributed by atoms with van der Waals surface area (Å²) in [5.74, 6) is -0.376. The van der Waals surface area contributed by atoms with E-state index in [2.05, 4.69) is 5.32 Å². The van der Waals surface area contributed by atoms with Crippen LogP contribution >= 0.6 is 11.6 Å². The van der Waals surface area contributed by atoms with E-state index in [1.165, 1.54) is 0 Å². The molecule has 5 heteroatoms. The van der Waals surface area contributed by atoms with Crippen molar-refractivity contribution in [3.05, 3.63) is 64.2 Å². The molecule has 1 aliphatic carbocycles. The van der Waals surface area contributed by atoms with Gasteiger partial charge in [-0.1, -0.05) is 41.9 Å². The van der Waals surface area contributed by atoms with E-state index in [0.717, 1.165) is 11.1 Å². The number of halogens is 1. The maximum Gasteiger partial charge on any atom is 0.255 e. The van der Waals surface area contributed by atoms with Crippen LogP contribution in [-0.4, -0.2) is 17.1 Å². The van der Waals surface area contributed by atoms with Crippen molar-refractivity contribution < 1.29 is 9.90 Å². The number of carbonyl (C=O) groups excluding carboxylic acids is 1. The van der Waals surface area contributed by atoms with E-state index in [1.807, 2.05) is 24.3 Å². The predicted molar refractivity (Wildman–Crippen MR) is 82.2 cm³/mol. The molecule has 0 fully saturated rings. The molecule has 1 aliphatic rings. The summed E-state index contributed by atoms with van der Waals surface area (Å²) < 4.78 is 0. The monoisotopic (exact) mass is 302 g/mol. The molecule has 0 heterocycles. The van der Waals surface area contributed by atoms with Crippen molar-refractivity contribution in [2.75, 3.05) is 5.73 Å². The van der Waals surface area contributed by atoms with Crippen LogP contribution in [0.15, 0.2) is 42.5 Å². The van der Waals surface area contributed by atoms with E-state index in [-0.39, 0.29) is 11.5 Å². The highest BCUT2D eigenvalue weighted by Gasteiger charge is 2.32. The maximum absolute atomic E-state index is 12.4. The van der Waals surface area contributed by atoms with Crippen LogP contribution in [0, 0.1) is 0 Å². The molecule has 2 aromatic rings. The topological polar surface area (TPSA) is 75.4 Å². The number of aliphatic hydroxyl groups is 1. The third-order valence-corrected chi connectivity index (χ3v) is 4.08. The highest BCUT2D eigenvalue weighted by Crippen LogP contribution is 2.32. The van der Waals surface area contributed by atoms with Crippen molar-refractivity contribution in [1.29, 1.82) is 0 Å². The minimum absolute atomic E-state index is 0.246. The van der Waals surface area contributed by atoms with Crippen molar-refractivity contribution in [2.24, 2.45) is 0 Å². The Morgan fingerprint density at radius 1 is 1.24 bits per heavy atom. The molecular weight excluding hydrogens is 288 g/mol. The summed E-state index contributed by atoms with van der Waals surface area (Å²) in [4.78, 5) is 12.4. The Hall–Kier alpha value is -2.04. The number of fused-ring (bicyclic) bond motifs is 1. The second-order valence-electron chi connectivity index (χ2n) is 5.13. The number of hydrogen-bond acceptors (Lipinski definition) is 3. The summed E-state index contributed by atoms with van der Waals surface area (Å²) in [5.41, 5.74) is 8.36. The van der Waals surface area contributed by atoms with Crippen LogP contribution in [-0.2, 0) is 6.42 Å². The fourth-order valence-corrected chi connectivity index (χ4v) is 3.01. The van der Waals surface area contributed by atoms with Crippen LogP contribution in [0.25, 0.3) is 0 Å². The third-order valence-electron chi connectivity index (χ3n) is 3.76. The lowest BCUT2D eigenvalue weighted by molar-refractivity contribution is 0.0859. The number of anilines is 1. The SMILES string of the molecule is Nc1cccc(Cl)c1C(=O)N[C@H]1c2ccccc2C[C@H]1O. The molecule has 0 saturated heterocycles. The molecule has 0 spiro atoms. The minimum Gasteiger partial charge on any atom is -0.398 e. The summed E-state index contributed by atoms with van der Waals surface area (Å²) in [7, 11) is 0. The van der Waals surface area contributed by atoms with E-state index in [0.29, 0.717) is 17.1 Å². The summed E-state index contributed by atoms with van der Waals surface area (Å²) in [6.07, 6.45) is -0.117. The predicted octanol–water partition coefficient (Wildman–Crippen LogP) is 2.31. The van der Waals surface area contributed by atoms with Crippen molar-refractivity contribution >= 4 is 23.2 Å². The number of amides is 1. The lowest BCUT2D eigenvalue weighted by Crippen LogP contribution is -2.34. The van der Waals surface area contributed by atoms with Crippen LogP contribution in [0.1, 0.15) is 27.5 Å². The summed E-state index contributed by atoms with van der Waals surface area (Å²) in [5, 5.41) is 13.3. The van der Waals surface area contributed by atoms with Gasteiger partial charge < -0.3 is 16.2 Å². The van der Waals surface area contributed by atoms with Gasteiger partial charge in [0.15, 0.2) is 0 Å². The Morgan fingerprint density at radius 2 is 2.00 bits per heavy atom. The van der Waals surface area contributed by atoms with Crippen molar-refractivity contribution in [1.82, 2.24) is 5.32 Å². The first-order valence-electron chi connectivity index (χ1n) is 6.68. The molecule has 2 atom stereocenters. The molecule has 21 heavy (non-hydrogen) atoms. The first-order valence-corrected chi connectivity index (χ1v) is 7.06. The highest BCUT2D eigenvalue weighted by molar-refractivity contribution is 6.34. The molecule has 0 aliphatic heterocycles. The van der Waals surface area contributed by atoms with Crippen LogP contribution in [0.3, 0.4) is 0 Å². The molecule has 0 saturated carbocycles. The van der Waals surface area contributed by atoms with Gasteiger partial charge >= 0.3 is 0 Å². The van der Waals surface area contributed by atoms with Crippen molar-refractivity contribution in [3.63, 3.8) is 0 Å². The van der Waals surface area contributed by atoms with Gasteiger partial charge in [-0.05, 0) is 23.3 Å². The minimum atomic E-state index is -0.643. The van der Waals surface area contributed by atoms with Crippen LogP contribution in [0.5, 0.6) is 0 Å². The van der Waals surface area contributed by atoms with Crippen molar-refractivity contribution in [2.45, 2.75) is 18.6 Å². The molecule has 1 amide bonds. The standard InChI is InChI=1S/C16H15ClN2O2/c17-11-6-3-7-12(18)14(11)16(21)19-15-10-5-2-1-4-9(10)8-13(15)20/h1-7,13,15,20H,8,18H2,(H,19,21)/t13-,15+/m1/s1. The lowest BCUT2D eigenvalue weighted by Gasteiger charge is -2.19. The number of rotatable bonds is 2. The van der Waals surface area contributed by atoms with Gasteiger partial charge in [0.25, 0.3) is 5.91 Å². The number of aliphatic hydroxyl groups excluding tert-OH is 1. The lowest BCUT2D eigenvalue weighted by atomic mass is 10.1. The van der Waals surface area contributed by atoms with Gasteiger partial charge in [-0.15, -0.1) is 0 Å². The number of nitrogens with one attached hydrogen (secondary N) is 1. The van der Waals surface area contributed by atoms with Crippen LogP contribution in [0.2, 0.25) is 5.02 Å². The van der Waals surface area contributed by atoms with Gasteiger partial charge in [0.2, 0.25) is 0 Å². The van der Waals surface area contributed by atoms with Gasteiger partial charge in [-0.25, -0.2) is 0 Å². The second-order valence-corrected chi connectivity index (χ2v) is 5.53. The molecule has 0 aromatic heterocycles. The van der Waals surface area contributed by atoms with Gasteiger partial charge in [0.1, 0.15) is 0 Å². The highest BCUT2D eigenvalue weighted by atomic mass is 35.5. The zero-order chi connectivity index (χ0) is 15.0. The molecular formula is C16H15ClN2O2. The Balaban J connectivity index is 1.89. The smallest absolute Gasteiger partial charge is 0.255 e. The number of nitrogens with two attached hydrogens (primary N) is 1. The largest absolute Gasteiger partial charge is 0.398 e. The molecule has 108 valence electrons. The Morgan fingerprint density at radius 3 is 2.76 bits per heavy atom. The maximum atomic E-state index is 12.4. The first kappa shape index (κ1) is 13.9. The van der Waals surface area contributed by atoms with E-state index >= 15 is 0 Å². The van der Waals surface area contributed by atoms with Gasteiger partial charge in [0, 0.05) is 12.1 Å². The summed E-state index contributed by atoms with van der Waals surface area (Å²) in [6, 6.07) is 12.2. The molecule has 3 rings (SSSR count). The number of benzene rings is 2. The number of carbonyl (C=O) groups is 1.